The van der Waals surface area contributed by atoms with E-state index in [2.05, 4.69) is 27.7 Å². The van der Waals surface area contributed by atoms with Crippen molar-refractivity contribution in [3.05, 3.63) is 70.8 Å². The molecule has 0 atom stereocenters. The quantitative estimate of drug-likeness (QED) is 0.0410. The van der Waals surface area contributed by atoms with Crippen molar-refractivity contribution in [2.45, 2.75) is 182 Å². The Morgan fingerprint density at radius 1 is 0.304 bits per heavy atom. The van der Waals surface area contributed by atoms with E-state index in [4.69, 9.17) is 18.9 Å². The van der Waals surface area contributed by atoms with Gasteiger partial charge in [-0.3, -0.25) is 0 Å². The fourth-order valence-corrected chi connectivity index (χ4v) is 6.18. The zero-order valence-electron chi connectivity index (χ0n) is 35.7. The Kier molecular flexibility index (Phi) is 32.1. The number of unbranched alkanes of at least 4 members (excludes halogenated alkanes) is 20. The van der Waals surface area contributed by atoms with E-state index in [0.29, 0.717) is 37.6 Å². The number of carbonyl (C=O) groups excluding carboxylic acids is 4. The fraction of sp³-hybridized carbons (Fsp3) is 0.667. The Morgan fingerprint density at radius 2 is 0.482 bits per heavy atom. The lowest BCUT2D eigenvalue weighted by atomic mass is 10.1. The predicted molar refractivity (Wildman–Crippen MR) is 228 cm³/mol. The van der Waals surface area contributed by atoms with Crippen molar-refractivity contribution in [3.8, 4) is 0 Å². The van der Waals surface area contributed by atoms with Crippen LogP contribution in [0.4, 0.5) is 0 Å². The SMILES string of the molecule is CCCCCCCCCOC(=O)c1ccccc1C(=O)OCCCCCCCCC.CCCCCCCOC(=O)c1ccccc1C(=O)OCCCCCCC. The standard InChI is InChI=1S/C26H42O4.C22H34O4/c1-3-5-7-9-11-13-17-21-29-25(27)23-19-15-16-20-24(23)26(28)30-22-18-14-12-10-8-6-4-2;1-3-5-7-9-13-17-25-21(23)19-15-11-12-16-20(19)22(24)26-18-14-10-8-6-4-2/h15-16,19-20H,3-14,17-18,21-22H2,1-2H3;11-12,15-16H,3-10,13-14,17-18H2,1-2H3. The summed E-state index contributed by atoms with van der Waals surface area (Å²) in [6, 6.07) is 13.5. The molecular formula is C48H76O8. The van der Waals surface area contributed by atoms with Gasteiger partial charge in [-0.25, -0.2) is 19.2 Å². The molecule has 8 nitrogen and oxygen atoms in total. The van der Waals surface area contributed by atoms with Gasteiger partial charge in [0.25, 0.3) is 0 Å². The van der Waals surface area contributed by atoms with Crippen molar-refractivity contribution in [3.63, 3.8) is 0 Å². The van der Waals surface area contributed by atoms with E-state index in [0.717, 1.165) is 64.2 Å². The van der Waals surface area contributed by atoms with Gasteiger partial charge in [0.15, 0.2) is 0 Å². The second-order valence-corrected chi connectivity index (χ2v) is 14.7. The minimum atomic E-state index is -0.448. The molecule has 0 unspecified atom stereocenters. The van der Waals surface area contributed by atoms with Crippen LogP contribution < -0.4 is 0 Å². The Hall–Kier alpha value is -3.68. The zero-order chi connectivity index (χ0) is 40.9. The van der Waals surface area contributed by atoms with Crippen LogP contribution in [0.1, 0.15) is 223 Å². The molecule has 0 aliphatic heterocycles. The minimum Gasteiger partial charge on any atom is -0.462 e. The maximum Gasteiger partial charge on any atom is 0.339 e. The summed E-state index contributed by atoms with van der Waals surface area (Å²) in [6.07, 6.45) is 27.3. The van der Waals surface area contributed by atoms with Crippen molar-refractivity contribution in [1.82, 2.24) is 0 Å². The lowest BCUT2D eigenvalue weighted by Crippen LogP contribution is -2.15. The van der Waals surface area contributed by atoms with Crippen LogP contribution in [0.25, 0.3) is 0 Å². The summed E-state index contributed by atoms with van der Waals surface area (Å²) in [5, 5.41) is 0. The third-order valence-electron chi connectivity index (χ3n) is 9.66. The molecule has 0 saturated heterocycles. The van der Waals surface area contributed by atoms with Gasteiger partial charge in [0.1, 0.15) is 0 Å². The first-order chi connectivity index (χ1) is 27.4. The lowest BCUT2D eigenvalue weighted by Gasteiger charge is -2.10. The van der Waals surface area contributed by atoms with E-state index in [1.54, 1.807) is 48.5 Å². The van der Waals surface area contributed by atoms with Crippen molar-refractivity contribution < 1.29 is 38.1 Å². The first kappa shape index (κ1) is 50.3. The monoisotopic (exact) mass is 781 g/mol. The van der Waals surface area contributed by atoms with Gasteiger partial charge in [0.05, 0.1) is 48.7 Å². The lowest BCUT2D eigenvalue weighted by molar-refractivity contribution is 0.0450. The van der Waals surface area contributed by atoms with Crippen LogP contribution in [0.15, 0.2) is 48.5 Å². The van der Waals surface area contributed by atoms with Gasteiger partial charge < -0.3 is 18.9 Å². The Bertz CT molecular complexity index is 1210. The van der Waals surface area contributed by atoms with Crippen LogP contribution in [0, 0.1) is 0 Å². The number of rotatable bonds is 32. The molecular weight excluding hydrogens is 705 g/mol. The highest BCUT2D eigenvalue weighted by atomic mass is 16.5. The third kappa shape index (κ3) is 24.8. The first-order valence-corrected chi connectivity index (χ1v) is 22.3. The molecule has 0 spiro atoms. The van der Waals surface area contributed by atoms with Crippen molar-refractivity contribution in [2.24, 2.45) is 0 Å². The normalized spacial score (nSPS) is 10.6. The molecule has 0 aliphatic rings. The molecule has 0 N–H and O–H groups in total. The summed E-state index contributed by atoms with van der Waals surface area (Å²) < 4.78 is 21.4. The van der Waals surface area contributed by atoms with Crippen molar-refractivity contribution >= 4 is 23.9 Å². The molecule has 0 aliphatic carbocycles. The molecule has 316 valence electrons. The second kappa shape index (κ2) is 35.7. The van der Waals surface area contributed by atoms with Crippen LogP contribution in [0.3, 0.4) is 0 Å². The number of hydrogen-bond acceptors (Lipinski definition) is 8. The first-order valence-electron chi connectivity index (χ1n) is 22.3. The van der Waals surface area contributed by atoms with Crippen LogP contribution in [-0.2, 0) is 18.9 Å². The molecule has 0 heterocycles. The molecule has 0 saturated carbocycles. The van der Waals surface area contributed by atoms with Gasteiger partial charge in [0.2, 0.25) is 0 Å². The molecule has 0 aromatic heterocycles. The maximum absolute atomic E-state index is 12.4. The molecule has 0 radical (unpaired) electrons. The Labute approximate surface area is 340 Å². The molecule has 2 rings (SSSR count). The predicted octanol–water partition coefficient (Wildman–Crippen LogP) is 13.4. The van der Waals surface area contributed by atoms with E-state index >= 15 is 0 Å². The largest absolute Gasteiger partial charge is 0.462 e. The minimum absolute atomic E-state index is 0.289. The summed E-state index contributed by atoms with van der Waals surface area (Å²) >= 11 is 0. The molecule has 0 bridgehead atoms. The Balaban J connectivity index is 0.000000566. The smallest absolute Gasteiger partial charge is 0.339 e. The van der Waals surface area contributed by atoms with Crippen molar-refractivity contribution in [1.29, 1.82) is 0 Å². The van der Waals surface area contributed by atoms with Crippen molar-refractivity contribution in [2.75, 3.05) is 26.4 Å². The van der Waals surface area contributed by atoms with E-state index in [1.807, 2.05) is 0 Å². The number of ether oxygens (including phenoxy) is 4. The molecule has 2 aromatic rings. The Morgan fingerprint density at radius 3 is 0.679 bits per heavy atom. The molecule has 56 heavy (non-hydrogen) atoms. The number of hydrogen-bond donors (Lipinski definition) is 0. The number of esters is 4. The third-order valence-corrected chi connectivity index (χ3v) is 9.66. The van der Waals surface area contributed by atoms with Crippen LogP contribution >= 0.6 is 0 Å². The van der Waals surface area contributed by atoms with E-state index < -0.39 is 23.9 Å². The van der Waals surface area contributed by atoms with Gasteiger partial charge in [-0.2, -0.15) is 0 Å². The fourth-order valence-electron chi connectivity index (χ4n) is 6.18. The zero-order valence-corrected chi connectivity index (χ0v) is 35.7. The topological polar surface area (TPSA) is 105 Å². The average Bonchev–Trinajstić information content (AvgIpc) is 3.22. The number of carbonyl (C=O) groups is 4. The summed E-state index contributed by atoms with van der Waals surface area (Å²) in [5.74, 6) is -1.78. The molecule has 0 amide bonds. The number of benzene rings is 2. The highest BCUT2D eigenvalue weighted by Gasteiger charge is 2.20. The highest BCUT2D eigenvalue weighted by molar-refractivity contribution is 6.03. The van der Waals surface area contributed by atoms with Gasteiger partial charge in [-0.15, -0.1) is 0 Å². The van der Waals surface area contributed by atoms with E-state index in [-0.39, 0.29) is 11.1 Å². The van der Waals surface area contributed by atoms with Crippen LogP contribution in [0.5, 0.6) is 0 Å². The maximum atomic E-state index is 12.4. The second-order valence-electron chi connectivity index (χ2n) is 14.7. The van der Waals surface area contributed by atoms with Gasteiger partial charge in [0, 0.05) is 0 Å². The van der Waals surface area contributed by atoms with Crippen LogP contribution in [0.2, 0.25) is 0 Å². The molecule has 8 heteroatoms. The summed E-state index contributed by atoms with van der Waals surface area (Å²) in [4.78, 5) is 49.4. The van der Waals surface area contributed by atoms with Gasteiger partial charge >= 0.3 is 23.9 Å². The van der Waals surface area contributed by atoms with Gasteiger partial charge in [-0.05, 0) is 49.9 Å². The highest BCUT2D eigenvalue weighted by Crippen LogP contribution is 2.16. The van der Waals surface area contributed by atoms with E-state index in [9.17, 15) is 19.2 Å². The van der Waals surface area contributed by atoms with Gasteiger partial charge in [-0.1, -0.05) is 180 Å². The molecule has 2 aromatic carbocycles. The van der Waals surface area contributed by atoms with Crippen LogP contribution in [-0.4, -0.2) is 50.3 Å². The average molecular weight is 781 g/mol. The van der Waals surface area contributed by atoms with E-state index in [1.165, 1.54) is 89.9 Å². The summed E-state index contributed by atoms with van der Waals surface area (Å²) in [7, 11) is 0. The molecule has 0 fully saturated rings. The summed E-state index contributed by atoms with van der Waals surface area (Å²) in [5.41, 5.74) is 1.17. The summed E-state index contributed by atoms with van der Waals surface area (Å²) in [6.45, 7) is 10.3.